The van der Waals surface area contributed by atoms with Crippen molar-refractivity contribution < 1.29 is 29.3 Å². The fourth-order valence-electron chi connectivity index (χ4n) is 5.65. The summed E-state index contributed by atoms with van der Waals surface area (Å²) < 4.78 is 12.2. The topological polar surface area (TPSA) is 96.3 Å². The molecule has 0 saturated carbocycles. The molecule has 2 N–H and O–H groups in total. The van der Waals surface area contributed by atoms with Crippen LogP contribution in [-0.2, 0) is 30.7 Å². The van der Waals surface area contributed by atoms with Crippen molar-refractivity contribution in [1.29, 1.82) is 0 Å². The molecule has 1 unspecified atom stereocenters. The van der Waals surface area contributed by atoms with Crippen molar-refractivity contribution in [3.05, 3.63) is 130 Å². The molecule has 0 fully saturated rings. The first-order chi connectivity index (χ1) is 21.5. The first-order valence-corrected chi connectivity index (χ1v) is 15.2. The van der Waals surface area contributed by atoms with Crippen molar-refractivity contribution in [2.24, 2.45) is 0 Å². The summed E-state index contributed by atoms with van der Waals surface area (Å²) in [5.41, 5.74) is 6.02. The quantitative estimate of drug-likeness (QED) is 0.135. The number of aryl methyl sites for hydroxylation is 2. The van der Waals surface area contributed by atoms with Gasteiger partial charge in [0, 0.05) is 18.5 Å². The molecule has 7 heteroatoms. The van der Waals surface area contributed by atoms with E-state index in [0.717, 1.165) is 54.7 Å². The Morgan fingerprint density at radius 2 is 1.48 bits per heavy atom. The second-order valence-corrected chi connectivity index (χ2v) is 11.2. The van der Waals surface area contributed by atoms with Crippen molar-refractivity contribution in [3.63, 3.8) is 0 Å². The van der Waals surface area contributed by atoms with Crippen LogP contribution in [0.3, 0.4) is 0 Å². The normalized spacial score (nSPS) is 13.8. The van der Waals surface area contributed by atoms with Crippen molar-refractivity contribution in [3.8, 4) is 11.5 Å². The molecule has 0 spiro atoms. The standard InChI is InChI=1S/C37H39NO6/c39-36(40)12-6-7-22-38(33-26-44-35-24-31(37(41)42)19-20-32(33)35)23-21-30-10-4-5-11-34(30)43-25-29-17-15-28(16-18-29)14-13-27-8-2-1-3-9-27/h1-5,8-11,15-20,24,33H,6-7,12-14,21-23,25-26H2,(H,39,40)(H,41,42). The number of aliphatic carboxylic acids is 1. The Bertz CT molecular complexity index is 1540. The van der Waals surface area contributed by atoms with E-state index in [1.807, 2.05) is 30.3 Å². The molecule has 1 atom stereocenters. The highest BCUT2D eigenvalue weighted by atomic mass is 16.5. The van der Waals surface area contributed by atoms with Crippen LogP contribution >= 0.6 is 0 Å². The van der Waals surface area contributed by atoms with E-state index in [-0.39, 0.29) is 18.0 Å². The van der Waals surface area contributed by atoms with Gasteiger partial charge in [0.05, 0.1) is 11.6 Å². The summed E-state index contributed by atoms with van der Waals surface area (Å²) in [5, 5.41) is 18.5. The van der Waals surface area contributed by atoms with E-state index < -0.39 is 11.9 Å². The van der Waals surface area contributed by atoms with Crippen LogP contribution in [0, 0.1) is 0 Å². The monoisotopic (exact) mass is 593 g/mol. The van der Waals surface area contributed by atoms with Gasteiger partial charge in [0.1, 0.15) is 24.7 Å². The molecule has 228 valence electrons. The summed E-state index contributed by atoms with van der Waals surface area (Å²) in [6, 6.07) is 32.2. The number of nitrogens with zero attached hydrogens (tertiary/aromatic N) is 1. The number of carboxylic acids is 2. The number of carboxylic acid groups (broad SMARTS) is 2. The smallest absolute Gasteiger partial charge is 0.335 e. The van der Waals surface area contributed by atoms with Crippen LogP contribution in [0.4, 0.5) is 0 Å². The molecule has 0 aromatic heterocycles. The molecular weight excluding hydrogens is 554 g/mol. The Kier molecular flexibility index (Phi) is 10.7. The predicted molar refractivity (Wildman–Crippen MR) is 169 cm³/mol. The summed E-state index contributed by atoms with van der Waals surface area (Å²) in [4.78, 5) is 24.8. The third kappa shape index (κ3) is 8.48. The van der Waals surface area contributed by atoms with Crippen LogP contribution in [0.1, 0.15) is 63.5 Å². The second kappa shape index (κ2) is 15.2. The van der Waals surface area contributed by atoms with E-state index in [1.54, 1.807) is 12.1 Å². The van der Waals surface area contributed by atoms with Gasteiger partial charge in [-0.25, -0.2) is 4.79 Å². The number of hydrogen-bond acceptors (Lipinski definition) is 5. The lowest BCUT2D eigenvalue weighted by atomic mass is 10.0. The predicted octanol–water partition coefficient (Wildman–Crippen LogP) is 6.98. The van der Waals surface area contributed by atoms with Crippen molar-refractivity contribution >= 4 is 11.9 Å². The highest BCUT2D eigenvalue weighted by Crippen LogP contribution is 2.37. The minimum atomic E-state index is -0.985. The van der Waals surface area contributed by atoms with Crippen molar-refractivity contribution in [1.82, 2.24) is 4.90 Å². The zero-order valence-electron chi connectivity index (χ0n) is 24.9. The van der Waals surface area contributed by atoms with Crippen LogP contribution in [0.15, 0.2) is 97.1 Å². The molecule has 44 heavy (non-hydrogen) atoms. The Morgan fingerprint density at radius 1 is 0.773 bits per heavy atom. The van der Waals surface area contributed by atoms with Gasteiger partial charge in [0.15, 0.2) is 0 Å². The molecule has 0 saturated heterocycles. The third-order valence-corrected chi connectivity index (χ3v) is 8.15. The fourth-order valence-corrected chi connectivity index (χ4v) is 5.65. The summed E-state index contributed by atoms with van der Waals surface area (Å²) >= 11 is 0. The Hall–Kier alpha value is -4.62. The van der Waals surface area contributed by atoms with Gasteiger partial charge in [0.25, 0.3) is 0 Å². The molecule has 5 rings (SSSR count). The van der Waals surface area contributed by atoms with E-state index in [0.29, 0.717) is 31.9 Å². The van der Waals surface area contributed by atoms with Crippen LogP contribution in [0.5, 0.6) is 11.5 Å². The van der Waals surface area contributed by atoms with Crippen molar-refractivity contribution in [2.45, 2.75) is 51.2 Å². The molecule has 4 aromatic rings. The fraction of sp³-hybridized carbons (Fsp3) is 0.297. The number of benzene rings is 4. The zero-order chi connectivity index (χ0) is 30.7. The zero-order valence-corrected chi connectivity index (χ0v) is 24.9. The molecule has 0 radical (unpaired) electrons. The highest BCUT2D eigenvalue weighted by molar-refractivity contribution is 5.88. The molecule has 4 aromatic carbocycles. The number of fused-ring (bicyclic) bond motifs is 1. The Labute approximate surface area is 258 Å². The lowest BCUT2D eigenvalue weighted by Crippen LogP contribution is -2.33. The minimum Gasteiger partial charge on any atom is -0.491 e. The van der Waals surface area contributed by atoms with E-state index >= 15 is 0 Å². The first kappa shape index (κ1) is 30.8. The van der Waals surface area contributed by atoms with E-state index in [9.17, 15) is 14.7 Å². The molecule has 0 amide bonds. The van der Waals surface area contributed by atoms with Gasteiger partial charge in [-0.05, 0) is 79.1 Å². The average Bonchev–Trinajstić information content (AvgIpc) is 3.47. The van der Waals surface area contributed by atoms with Crippen LogP contribution in [0.25, 0.3) is 0 Å². The van der Waals surface area contributed by atoms with Crippen LogP contribution in [0.2, 0.25) is 0 Å². The van der Waals surface area contributed by atoms with E-state index in [4.69, 9.17) is 14.6 Å². The SMILES string of the molecule is O=C(O)CCCCN(CCc1ccccc1OCc1ccc(CCc2ccccc2)cc1)C1COc2cc(C(=O)O)ccc21. The van der Waals surface area contributed by atoms with Gasteiger partial charge in [-0.1, -0.05) is 78.9 Å². The van der Waals surface area contributed by atoms with Gasteiger partial charge in [-0.15, -0.1) is 0 Å². The highest BCUT2D eigenvalue weighted by Gasteiger charge is 2.30. The van der Waals surface area contributed by atoms with Gasteiger partial charge in [0.2, 0.25) is 0 Å². The number of para-hydroxylation sites is 1. The summed E-state index contributed by atoms with van der Waals surface area (Å²) in [5.74, 6) is -0.331. The largest absolute Gasteiger partial charge is 0.491 e. The second-order valence-electron chi connectivity index (χ2n) is 11.2. The van der Waals surface area contributed by atoms with Crippen molar-refractivity contribution in [2.75, 3.05) is 19.7 Å². The first-order valence-electron chi connectivity index (χ1n) is 15.2. The molecule has 1 aliphatic heterocycles. The van der Waals surface area contributed by atoms with Crippen LogP contribution < -0.4 is 9.47 Å². The minimum absolute atomic E-state index is 0.0360. The van der Waals surface area contributed by atoms with Crippen LogP contribution in [-0.4, -0.2) is 46.7 Å². The number of aromatic carboxylic acids is 1. The molecular formula is C37H39NO6. The molecule has 1 aliphatic rings. The Morgan fingerprint density at radius 3 is 2.23 bits per heavy atom. The lowest BCUT2D eigenvalue weighted by Gasteiger charge is -2.28. The van der Waals surface area contributed by atoms with Gasteiger partial charge >= 0.3 is 11.9 Å². The number of carbonyl (C=O) groups is 2. The molecule has 0 aliphatic carbocycles. The molecule has 7 nitrogen and oxygen atoms in total. The number of hydrogen-bond donors (Lipinski definition) is 2. The maximum atomic E-state index is 11.4. The van der Waals surface area contributed by atoms with E-state index in [1.165, 1.54) is 11.1 Å². The summed E-state index contributed by atoms with van der Waals surface area (Å²) in [6.45, 7) is 2.33. The number of ether oxygens (including phenoxy) is 2. The van der Waals surface area contributed by atoms with Gasteiger partial charge < -0.3 is 19.7 Å². The number of unbranched alkanes of at least 4 members (excludes halogenated alkanes) is 1. The van der Waals surface area contributed by atoms with Gasteiger partial charge in [-0.3, -0.25) is 9.69 Å². The molecule has 1 heterocycles. The van der Waals surface area contributed by atoms with E-state index in [2.05, 4.69) is 59.5 Å². The number of rotatable bonds is 16. The Balaban J connectivity index is 1.21. The maximum absolute atomic E-state index is 11.4. The third-order valence-electron chi connectivity index (χ3n) is 8.15. The maximum Gasteiger partial charge on any atom is 0.335 e. The van der Waals surface area contributed by atoms with Gasteiger partial charge in [-0.2, -0.15) is 0 Å². The average molecular weight is 594 g/mol. The molecule has 0 bridgehead atoms. The summed E-state index contributed by atoms with van der Waals surface area (Å²) in [6.07, 6.45) is 4.23. The summed E-state index contributed by atoms with van der Waals surface area (Å²) in [7, 11) is 0. The lowest BCUT2D eigenvalue weighted by molar-refractivity contribution is -0.137.